The van der Waals surface area contributed by atoms with Crippen molar-refractivity contribution in [1.82, 2.24) is 0 Å². The van der Waals surface area contributed by atoms with Crippen LogP contribution in [0, 0.1) is 13.8 Å². The van der Waals surface area contributed by atoms with E-state index in [1.807, 2.05) is 25.7 Å². The molecule has 2 nitrogen and oxygen atoms in total. The molecule has 3 heteroatoms. The van der Waals surface area contributed by atoms with E-state index in [9.17, 15) is 4.79 Å². The Hall–Kier alpha value is -0.791. The SMILES string of the molecule is C[Se]c1c(C(=O)O)ccc(C)c1C. The number of carboxylic acids is 1. The van der Waals surface area contributed by atoms with Crippen molar-refractivity contribution in [3.05, 3.63) is 28.8 Å². The third-order valence-corrected chi connectivity index (χ3v) is 4.07. The normalized spacial score (nSPS) is 10.1. The van der Waals surface area contributed by atoms with Crippen molar-refractivity contribution in [2.24, 2.45) is 0 Å². The van der Waals surface area contributed by atoms with Gasteiger partial charge < -0.3 is 0 Å². The molecule has 0 aliphatic heterocycles. The molecule has 0 unspecified atom stereocenters. The number of aromatic carboxylic acids is 1. The third kappa shape index (κ3) is 1.93. The zero-order chi connectivity index (χ0) is 10.0. The Bertz CT molecular complexity index is 345. The number of hydrogen-bond donors (Lipinski definition) is 1. The summed E-state index contributed by atoms with van der Waals surface area (Å²) < 4.78 is 1.01. The summed E-state index contributed by atoms with van der Waals surface area (Å²) in [6, 6.07) is 3.57. The van der Waals surface area contributed by atoms with E-state index in [0.717, 1.165) is 10.0 Å². The van der Waals surface area contributed by atoms with E-state index >= 15 is 0 Å². The summed E-state index contributed by atoms with van der Waals surface area (Å²) in [5.74, 6) is 1.23. The average molecular weight is 243 g/mol. The van der Waals surface area contributed by atoms with Crippen LogP contribution in [0.25, 0.3) is 0 Å². The van der Waals surface area contributed by atoms with Crippen molar-refractivity contribution < 1.29 is 9.90 Å². The molecule has 0 aliphatic carbocycles. The molecule has 0 heterocycles. The standard InChI is InChI=1S/C10H12O2Se/c1-6-4-5-8(10(11)12)9(13-3)7(6)2/h4-5H,1-3H3,(H,11,12). The summed E-state index contributed by atoms with van der Waals surface area (Å²) in [5.41, 5.74) is 2.76. The summed E-state index contributed by atoms with van der Waals surface area (Å²) in [7, 11) is 0. The zero-order valence-corrected chi connectivity index (χ0v) is 9.63. The molecule has 1 aromatic rings. The van der Waals surface area contributed by atoms with E-state index in [2.05, 4.69) is 0 Å². The summed E-state index contributed by atoms with van der Waals surface area (Å²) in [5, 5.41) is 8.92. The van der Waals surface area contributed by atoms with Crippen LogP contribution in [0.4, 0.5) is 0 Å². The number of rotatable bonds is 2. The Kier molecular flexibility index (Phi) is 3.12. The van der Waals surface area contributed by atoms with E-state index in [1.54, 1.807) is 6.07 Å². The van der Waals surface area contributed by atoms with Gasteiger partial charge in [-0.3, -0.25) is 0 Å². The number of benzene rings is 1. The Morgan fingerprint density at radius 1 is 1.38 bits per heavy atom. The second-order valence-corrected chi connectivity index (χ2v) is 4.61. The molecule has 0 spiro atoms. The summed E-state index contributed by atoms with van der Waals surface area (Å²) in [4.78, 5) is 10.9. The Morgan fingerprint density at radius 3 is 2.46 bits per heavy atom. The topological polar surface area (TPSA) is 37.3 Å². The molecule has 0 aliphatic rings. The average Bonchev–Trinajstić information content (AvgIpc) is 2.09. The molecule has 0 amide bonds. The molecule has 0 bridgehead atoms. The van der Waals surface area contributed by atoms with Crippen molar-refractivity contribution >= 4 is 25.4 Å². The first-order valence-electron chi connectivity index (χ1n) is 3.95. The Labute approximate surface area is 84.1 Å². The molecule has 0 aromatic heterocycles. The van der Waals surface area contributed by atoms with Gasteiger partial charge in [0.05, 0.1) is 0 Å². The van der Waals surface area contributed by atoms with Crippen LogP contribution < -0.4 is 4.46 Å². The van der Waals surface area contributed by atoms with Crippen LogP contribution in [0.5, 0.6) is 0 Å². The van der Waals surface area contributed by atoms with Crippen LogP contribution in [0.1, 0.15) is 21.5 Å². The van der Waals surface area contributed by atoms with Gasteiger partial charge in [-0.1, -0.05) is 0 Å². The van der Waals surface area contributed by atoms with E-state index < -0.39 is 5.97 Å². The predicted molar refractivity (Wildman–Crippen MR) is 54.1 cm³/mol. The van der Waals surface area contributed by atoms with Gasteiger partial charge in [0.2, 0.25) is 0 Å². The number of carboxylic acid groups (broad SMARTS) is 1. The van der Waals surface area contributed by atoms with Crippen LogP contribution >= 0.6 is 0 Å². The molecule has 0 radical (unpaired) electrons. The number of carbonyl (C=O) groups is 1. The number of hydrogen-bond acceptors (Lipinski definition) is 1. The fraction of sp³-hybridized carbons (Fsp3) is 0.300. The molecule has 1 aromatic carbocycles. The Morgan fingerprint density at radius 2 is 2.00 bits per heavy atom. The molecule has 1 rings (SSSR count). The van der Waals surface area contributed by atoms with Crippen molar-refractivity contribution in [3.63, 3.8) is 0 Å². The van der Waals surface area contributed by atoms with Crippen molar-refractivity contribution in [2.75, 3.05) is 0 Å². The maximum absolute atomic E-state index is 10.9. The van der Waals surface area contributed by atoms with Crippen LogP contribution in [0.15, 0.2) is 12.1 Å². The van der Waals surface area contributed by atoms with Gasteiger partial charge in [0, 0.05) is 0 Å². The molecule has 1 N–H and O–H groups in total. The molecule has 70 valence electrons. The minimum absolute atomic E-state index is 0.240. The maximum atomic E-state index is 10.9. The first-order valence-corrected chi connectivity index (χ1v) is 6.52. The first-order chi connectivity index (χ1) is 6.07. The van der Waals surface area contributed by atoms with Crippen molar-refractivity contribution in [3.8, 4) is 0 Å². The molecule has 0 saturated heterocycles. The van der Waals surface area contributed by atoms with Gasteiger partial charge in [-0.25, -0.2) is 0 Å². The minimum atomic E-state index is -0.818. The van der Waals surface area contributed by atoms with Crippen LogP contribution in [0.2, 0.25) is 5.82 Å². The monoisotopic (exact) mass is 244 g/mol. The summed E-state index contributed by atoms with van der Waals surface area (Å²) in [6.45, 7) is 4.00. The van der Waals surface area contributed by atoms with Crippen LogP contribution in [-0.4, -0.2) is 26.0 Å². The van der Waals surface area contributed by atoms with Crippen molar-refractivity contribution in [1.29, 1.82) is 0 Å². The predicted octanol–water partition coefficient (Wildman–Crippen LogP) is 1.38. The molecule has 0 saturated carbocycles. The molecule has 0 atom stereocenters. The van der Waals surface area contributed by atoms with Gasteiger partial charge >= 0.3 is 83.8 Å². The summed E-state index contributed by atoms with van der Waals surface area (Å²) >= 11 is 0.240. The first kappa shape index (κ1) is 10.3. The van der Waals surface area contributed by atoms with Gasteiger partial charge in [-0.15, -0.1) is 0 Å². The van der Waals surface area contributed by atoms with E-state index in [0.29, 0.717) is 5.56 Å². The fourth-order valence-corrected chi connectivity index (χ4v) is 2.99. The summed E-state index contributed by atoms with van der Waals surface area (Å²) in [6.07, 6.45) is 0. The van der Waals surface area contributed by atoms with E-state index in [4.69, 9.17) is 5.11 Å². The van der Waals surface area contributed by atoms with Crippen molar-refractivity contribution in [2.45, 2.75) is 19.7 Å². The van der Waals surface area contributed by atoms with Crippen LogP contribution in [-0.2, 0) is 0 Å². The molecule has 0 fully saturated rings. The van der Waals surface area contributed by atoms with Gasteiger partial charge in [-0.05, 0) is 0 Å². The molecule has 13 heavy (non-hydrogen) atoms. The van der Waals surface area contributed by atoms with Gasteiger partial charge in [0.15, 0.2) is 0 Å². The van der Waals surface area contributed by atoms with E-state index in [1.165, 1.54) is 5.56 Å². The molecular formula is C10H12O2Se. The zero-order valence-electron chi connectivity index (χ0n) is 7.92. The van der Waals surface area contributed by atoms with Crippen LogP contribution in [0.3, 0.4) is 0 Å². The third-order valence-electron chi connectivity index (χ3n) is 2.11. The second kappa shape index (κ2) is 3.95. The number of aryl methyl sites for hydroxylation is 1. The van der Waals surface area contributed by atoms with Gasteiger partial charge in [0.1, 0.15) is 0 Å². The van der Waals surface area contributed by atoms with Gasteiger partial charge in [0.25, 0.3) is 0 Å². The molecular weight excluding hydrogens is 231 g/mol. The van der Waals surface area contributed by atoms with E-state index in [-0.39, 0.29) is 15.0 Å². The van der Waals surface area contributed by atoms with Gasteiger partial charge in [-0.2, -0.15) is 0 Å². The Balaban J connectivity index is 3.38. The fourth-order valence-electron chi connectivity index (χ4n) is 1.22. The quantitative estimate of drug-likeness (QED) is 0.797. The second-order valence-electron chi connectivity index (χ2n) is 2.89.